The van der Waals surface area contributed by atoms with E-state index in [1.807, 2.05) is 0 Å². The van der Waals surface area contributed by atoms with Crippen molar-refractivity contribution in [3.63, 3.8) is 0 Å². The molecule has 7 heteroatoms. The zero-order valence-electron chi connectivity index (χ0n) is 11.7. The summed E-state index contributed by atoms with van der Waals surface area (Å²) in [7, 11) is -3.54. The maximum absolute atomic E-state index is 12.5. The number of alkyl halides is 3. The smallest absolute Gasteiger partial charge is 0.266 e. The number of para-hydroxylation sites is 1. The largest absolute Gasteiger partial charge is 0.416 e. The molecule has 2 aromatic carbocycles. The fourth-order valence-electron chi connectivity index (χ4n) is 1.96. The van der Waals surface area contributed by atoms with Gasteiger partial charge in [0, 0.05) is 0 Å². The van der Waals surface area contributed by atoms with Crippen LogP contribution in [0.1, 0.15) is 11.1 Å². The van der Waals surface area contributed by atoms with Gasteiger partial charge in [0.1, 0.15) is 0 Å². The summed E-state index contributed by atoms with van der Waals surface area (Å²) in [5.41, 5.74) is 0.175. The molecule has 0 aliphatic heterocycles. The SMILES string of the molecule is CS(=O)(=O)N(Cc1ccc(C(F)(F)F)cc1)c1ccccc1. The van der Waals surface area contributed by atoms with E-state index < -0.39 is 21.8 Å². The van der Waals surface area contributed by atoms with Crippen LogP contribution >= 0.6 is 0 Å². The van der Waals surface area contributed by atoms with Crippen LogP contribution in [0.4, 0.5) is 18.9 Å². The van der Waals surface area contributed by atoms with Gasteiger partial charge in [-0.25, -0.2) is 8.42 Å². The summed E-state index contributed by atoms with van der Waals surface area (Å²) in [5, 5.41) is 0. The van der Waals surface area contributed by atoms with Crippen LogP contribution in [0, 0.1) is 0 Å². The van der Waals surface area contributed by atoms with E-state index in [0.717, 1.165) is 22.7 Å². The van der Waals surface area contributed by atoms with Crippen molar-refractivity contribution in [2.24, 2.45) is 0 Å². The number of hydrogen-bond acceptors (Lipinski definition) is 2. The zero-order chi connectivity index (χ0) is 16.4. The van der Waals surface area contributed by atoms with Crippen molar-refractivity contribution in [2.45, 2.75) is 12.7 Å². The van der Waals surface area contributed by atoms with Gasteiger partial charge >= 0.3 is 6.18 Å². The third kappa shape index (κ3) is 4.00. The summed E-state index contributed by atoms with van der Waals surface area (Å²) in [4.78, 5) is 0. The number of nitrogens with zero attached hydrogens (tertiary/aromatic N) is 1. The molecular weight excluding hydrogens is 315 g/mol. The van der Waals surface area contributed by atoms with Crippen LogP contribution < -0.4 is 4.31 Å². The molecule has 0 aliphatic carbocycles. The Kier molecular flexibility index (Phi) is 4.46. The second-order valence-electron chi connectivity index (χ2n) is 4.80. The predicted molar refractivity (Wildman–Crippen MR) is 78.9 cm³/mol. The maximum atomic E-state index is 12.5. The van der Waals surface area contributed by atoms with Gasteiger partial charge in [0.15, 0.2) is 0 Å². The van der Waals surface area contributed by atoms with E-state index in [1.165, 1.54) is 12.1 Å². The minimum absolute atomic E-state index is 0.0268. The molecule has 0 saturated heterocycles. The van der Waals surface area contributed by atoms with Crippen molar-refractivity contribution in [1.82, 2.24) is 0 Å². The number of halogens is 3. The lowest BCUT2D eigenvalue weighted by atomic mass is 10.1. The average molecular weight is 329 g/mol. The van der Waals surface area contributed by atoms with E-state index in [0.29, 0.717) is 11.3 Å². The monoisotopic (exact) mass is 329 g/mol. The second-order valence-corrected chi connectivity index (χ2v) is 6.71. The predicted octanol–water partition coefficient (Wildman–Crippen LogP) is 3.67. The van der Waals surface area contributed by atoms with Gasteiger partial charge in [0.2, 0.25) is 10.0 Å². The summed E-state index contributed by atoms with van der Waals surface area (Å²) < 4.78 is 62.6. The van der Waals surface area contributed by atoms with Crippen molar-refractivity contribution in [2.75, 3.05) is 10.6 Å². The molecule has 3 nitrogen and oxygen atoms in total. The summed E-state index contributed by atoms with van der Waals surface area (Å²) >= 11 is 0. The van der Waals surface area contributed by atoms with Crippen LogP contribution in [0.2, 0.25) is 0 Å². The molecular formula is C15H14F3NO2S. The maximum Gasteiger partial charge on any atom is 0.416 e. The highest BCUT2D eigenvalue weighted by Crippen LogP contribution is 2.29. The topological polar surface area (TPSA) is 37.4 Å². The van der Waals surface area contributed by atoms with Crippen molar-refractivity contribution in [1.29, 1.82) is 0 Å². The molecule has 0 aromatic heterocycles. The molecule has 0 fully saturated rings. The number of hydrogen-bond donors (Lipinski definition) is 0. The first kappa shape index (κ1) is 16.4. The Hall–Kier alpha value is -2.02. The molecule has 0 unspecified atom stereocenters. The molecule has 0 radical (unpaired) electrons. The Labute approximate surface area is 127 Å². The van der Waals surface area contributed by atoms with Crippen molar-refractivity contribution in [3.05, 3.63) is 65.7 Å². The Morgan fingerprint density at radius 3 is 1.95 bits per heavy atom. The van der Waals surface area contributed by atoms with E-state index >= 15 is 0 Å². The summed E-state index contributed by atoms with van der Waals surface area (Å²) in [6.45, 7) is -0.0268. The molecule has 0 N–H and O–H groups in total. The highest BCUT2D eigenvalue weighted by Gasteiger charge is 2.30. The minimum Gasteiger partial charge on any atom is -0.266 e. The van der Waals surface area contributed by atoms with Crippen LogP contribution in [0.15, 0.2) is 54.6 Å². The first-order valence-corrected chi connectivity index (χ1v) is 8.21. The number of rotatable bonds is 4. The summed E-state index contributed by atoms with van der Waals surface area (Å²) in [5.74, 6) is 0. The number of benzene rings is 2. The van der Waals surface area contributed by atoms with E-state index in [1.54, 1.807) is 30.3 Å². The first-order chi connectivity index (χ1) is 10.2. The molecule has 0 bridgehead atoms. The second kappa shape index (κ2) is 6.00. The van der Waals surface area contributed by atoms with Gasteiger partial charge in [-0.1, -0.05) is 30.3 Å². The van der Waals surface area contributed by atoms with Crippen LogP contribution in [0.25, 0.3) is 0 Å². The highest BCUT2D eigenvalue weighted by molar-refractivity contribution is 7.92. The van der Waals surface area contributed by atoms with Gasteiger partial charge in [0.25, 0.3) is 0 Å². The molecule has 0 aliphatic rings. The molecule has 0 atom stereocenters. The van der Waals surface area contributed by atoms with E-state index in [2.05, 4.69) is 0 Å². The standard InChI is InChI=1S/C15H14F3NO2S/c1-22(20,21)19(14-5-3-2-4-6-14)11-12-7-9-13(10-8-12)15(16,17)18/h2-10H,11H2,1H3. The molecule has 0 heterocycles. The summed E-state index contributed by atoms with van der Waals surface area (Å²) in [6, 6.07) is 12.9. The van der Waals surface area contributed by atoms with Gasteiger partial charge in [-0.15, -0.1) is 0 Å². The third-order valence-electron chi connectivity index (χ3n) is 3.05. The number of sulfonamides is 1. The lowest BCUT2D eigenvalue weighted by Gasteiger charge is -2.22. The molecule has 2 rings (SSSR count). The van der Waals surface area contributed by atoms with E-state index in [-0.39, 0.29) is 6.54 Å². The molecule has 2 aromatic rings. The molecule has 118 valence electrons. The molecule has 0 amide bonds. The van der Waals surface area contributed by atoms with Crippen LogP contribution in [-0.4, -0.2) is 14.7 Å². The lowest BCUT2D eigenvalue weighted by molar-refractivity contribution is -0.137. The highest BCUT2D eigenvalue weighted by atomic mass is 32.2. The lowest BCUT2D eigenvalue weighted by Crippen LogP contribution is -2.29. The third-order valence-corrected chi connectivity index (χ3v) is 4.19. The molecule has 22 heavy (non-hydrogen) atoms. The summed E-state index contributed by atoms with van der Waals surface area (Å²) in [6.07, 6.45) is -3.35. The molecule has 0 spiro atoms. The minimum atomic E-state index is -4.41. The van der Waals surface area contributed by atoms with Crippen LogP contribution in [-0.2, 0) is 22.7 Å². The Bertz CT molecular complexity index is 726. The Morgan fingerprint density at radius 1 is 0.955 bits per heavy atom. The Balaban J connectivity index is 2.29. The Morgan fingerprint density at radius 2 is 1.50 bits per heavy atom. The van der Waals surface area contributed by atoms with Crippen molar-refractivity contribution in [3.8, 4) is 0 Å². The quantitative estimate of drug-likeness (QED) is 0.858. The first-order valence-electron chi connectivity index (χ1n) is 6.37. The van der Waals surface area contributed by atoms with Gasteiger partial charge in [-0.2, -0.15) is 13.2 Å². The van der Waals surface area contributed by atoms with Gasteiger partial charge in [-0.3, -0.25) is 4.31 Å². The fourth-order valence-corrected chi connectivity index (χ4v) is 2.85. The van der Waals surface area contributed by atoms with Gasteiger partial charge in [-0.05, 0) is 29.8 Å². The average Bonchev–Trinajstić information content (AvgIpc) is 2.44. The van der Waals surface area contributed by atoms with Crippen molar-refractivity contribution >= 4 is 15.7 Å². The van der Waals surface area contributed by atoms with Crippen LogP contribution in [0.3, 0.4) is 0 Å². The van der Waals surface area contributed by atoms with Gasteiger partial charge < -0.3 is 0 Å². The fraction of sp³-hybridized carbons (Fsp3) is 0.200. The normalized spacial score (nSPS) is 12.2. The number of anilines is 1. The molecule has 0 saturated carbocycles. The zero-order valence-corrected chi connectivity index (χ0v) is 12.5. The van der Waals surface area contributed by atoms with Gasteiger partial charge in [0.05, 0.1) is 24.1 Å². The van der Waals surface area contributed by atoms with Crippen LogP contribution in [0.5, 0.6) is 0 Å². The van der Waals surface area contributed by atoms with Crippen molar-refractivity contribution < 1.29 is 21.6 Å². The van der Waals surface area contributed by atoms with E-state index in [9.17, 15) is 21.6 Å². The van der Waals surface area contributed by atoms with E-state index in [4.69, 9.17) is 0 Å².